The molecular formula is C22H25ClN2O2. The molecule has 0 atom stereocenters. The number of carboxylic acids is 1. The Morgan fingerprint density at radius 2 is 1.89 bits per heavy atom. The second-order valence-corrected chi connectivity index (χ2v) is 7.12. The first-order valence-corrected chi connectivity index (χ1v) is 9.77. The molecule has 5 heteroatoms. The second kappa shape index (κ2) is 9.58. The lowest BCUT2D eigenvalue weighted by molar-refractivity contribution is -0.131. The Morgan fingerprint density at radius 1 is 1.11 bits per heavy atom. The van der Waals surface area contributed by atoms with Gasteiger partial charge in [0.05, 0.1) is 0 Å². The first-order chi connectivity index (χ1) is 13.1. The van der Waals surface area contributed by atoms with Gasteiger partial charge in [0.1, 0.15) is 0 Å². The molecule has 1 heterocycles. The summed E-state index contributed by atoms with van der Waals surface area (Å²) in [5, 5.41) is 12.7. The van der Waals surface area contributed by atoms with Gasteiger partial charge in [0, 0.05) is 29.0 Å². The summed E-state index contributed by atoms with van der Waals surface area (Å²) in [6.07, 6.45) is 6.64. The summed E-state index contributed by atoms with van der Waals surface area (Å²) in [5.74, 6) is -0.896. The molecule has 0 aliphatic carbocycles. The summed E-state index contributed by atoms with van der Waals surface area (Å²) in [5.41, 5.74) is 5.18. The van der Waals surface area contributed by atoms with Crippen LogP contribution in [0.2, 0.25) is 5.02 Å². The van der Waals surface area contributed by atoms with Gasteiger partial charge in [0.2, 0.25) is 0 Å². The predicted molar refractivity (Wildman–Crippen MR) is 111 cm³/mol. The maximum Gasteiger partial charge on any atom is 0.327 e. The number of hydrogen-bond donors (Lipinski definition) is 2. The number of rotatable bonds is 8. The molecule has 2 aromatic carbocycles. The van der Waals surface area contributed by atoms with E-state index in [4.69, 9.17) is 16.7 Å². The first-order valence-electron chi connectivity index (χ1n) is 9.39. The fourth-order valence-electron chi connectivity index (χ4n) is 3.48. The molecule has 1 aliphatic rings. The van der Waals surface area contributed by atoms with Gasteiger partial charge in [-0.1, -0.05) is 41.9 Å². The Bertz CT molecular complexity index is 820. The molecule has 2 aromatic rings. The largest absolute Gasteiger partial charge is 0.478 e. The van der Waals surface area contributed by atoms with Crippen molar-refractivity contribution in [2.75, 3.05) is 24.5 Å². The molecule has 4 nitrogen and oxygen atoms in total. The molecule has 27 heavy (non-hydrogen) atoms. The predicted octanol–water partition coefficient (Wildman–Crippen LogP) is 4.59. The number of halogens is 1. The minimum absolute atomic E-state index is 0.720. The Kier molecular flexibility index (Phi) is 6.91. The van der Waals surface area contributed by atoms with Gasteiger partial charge in [-0.3, -0.25) is 0 Å². The van der Waals surface area contributed by atoms with E-state index in [2.05, 4.69) is 46.6 Å². The standard InChI is InChI=1S/C22H25ClN2O2/c23-19-12-11-18-10-9-17-6-1-2-7-20(17)25(21(18)16-19)15-5-14-24-13-4-3-8-22(26)27/h1-3,6-8,11-12,16,24H,4-5,9-10,13-15H2,(H,26,27)/b8-3+. The summed E-state index contributed by atoms with van der Waals surface area (Å²) < 4.78 is 0. The highest BCUT2D eigenvalue weighted by atomic mass is 35.5. The van der Waals surface area contributed by atoms with Crippen molar-refractivity contribution in [3.05, 3.63) is 70.8 Å². The SMILES string of the molecule is O=C(O)/C=C/CCNCCCN1c2ccccc2CCc2ccc(Cl)cc21. The van der Waals surface area contributed by atoms with Gasteiger partial charge in [-0.15, -0.1) is 0 Å². The van der Waals surface area contributed by atoms with E-state index in [0.29, 0.717) is 0 Å². The Balaban J connectivity index is 1.64. The van der Waals surface area contributed by atoms with E-state index in [-0.39, 0.29) is 0 Å². The van der Waals surface area contributed by atoms with Crippen molar-refractivity contribution in [2.24, 2.45) is 0 Å². The van der Waals surface area contributed by atoms with Crippen LogP contribution in [0.3, 0.4) is 0 Å². The maximum atomic E-state index is 10.4. The van der Waals surface area contributed by atoms with Crippen LogP contribution in [0.5, 0.6) is 0 Å². The molecule has 0 amide bonds. The molecule has 0 aromatic heterocycles. The fraction of sp³-hybridized carbons (Fsp3) is 0.318. The monoisotopic (exact) mass is 384 g/mol. The molecule has 0 spiro atoms. The highest BCUT2D eigenvalue weighted by Gasteiger charge is 2.20. The van der Waals surface area contributed by atoms with Gasteiger partial charge < -0.3 is 15.3 Å². The number of aryl methyl sites for hydroxylation is 2. The molecule has 0 radical (unpaired) electrons. The van der Waals surface area contributed by atoms with E-state index in [1.165, 1.54) is 28.6 Å². The van der Waals surface area contributed by atoms with Crippen LogP contribution in [0.1, 0.15) is 24.0 Å². The molecule has 1 aliphatic heterocycles. The van der Waals surface area contributed by atoms with E-state index in [0.717, 1.165) is 50.3 Å². The topological polar surface area (TPSA) is 52.6 Å². The Labute approximate surface area is 165 Å². The zero-order valence-corrected chi connectivity index (χ0v) is 16.1. The number of aliphatic carboxylic acids is 1. The zero-order chi connectivity index (χ0) is 19.1. The number of carboxylic acid groups (broad SMARTS) is 1. The number of nitrogens with one attached hydrogen (secondary N) is 1. The number of hydrogen-bond acceptors (Lipinski definition) is 3. The summed E-state index contributed by atoms with van der Waals surface area (Å²) in [6, 6.07) is 14.8. The van der Waals surface area contributed by atoms with Crippen LogP contribution in [-0.2, 0) is 17.6 Å². The van der Waals surface area contributed by atoms with Gasteiger partial charge in [-0.2, -0.15) is 0 Å². The van der Waals surface area contributed by atoms with Crippen molar-refractivity contribution in [2.45, 2.75) is 25.7 Å². The molecular weight excluding hydrogens is 360 g/mol. The second-order valence-electron chi connectivity index (χ2n) is 6.69. The third-order valence-electron chi connectivity index (χ3n) is 4.77. The molecule has 0 saturated carbocycles. The van der Waals surface area contributed by atoms with E-state index in [1.54, 1.807) is 6.08 Å². The highest BCUT2D eigenvalue weighted by molar-refractivity contribution is 6.30. The Morgan fingerprint density at radius 3 is 2.70 bits per heavy atom. The fourth-order valence-corrected chi connectivity index (χ4v) is 3.65. The van der Waals surface area contributed by atoms with Crippen LogP contribution in [0.4, 0.5) is 11.4 Å². The van der Waals surface area contributed by atoms with Gasteiger partial charge in [0.25, 0.3) is 0 Å². The average Bonchev–Trinajstić information content (AvgIpc) is 2.80. The van der Waals surface area contributed by atoms with Crippen LogP contribution in [0, 0.1) is 0 Å². The quantitative estimate of drug-likeness (QED) is 0.516. The molecule has 3 rings (SSSR count). The lowest BCUT2D eigenvalue weighted by Crippen LogP contribution is -2.24. The van der Waals surface area contributed by atoms with Crippen LogP contribution in [-0.4, -0.2) is 30.7 Å². The number of nitrogens with zero attached hydrogens (tertiary/aromatic N) is 1. The lowest BCUT2D eigenvalue weighted by Gasteiger charge is -2.27. The number of anilines is 2. The summed E-state index contributed by atoms with van der Waals surface area (Å²) >= 11 is 6.29. The molecule has 0 bridgehead atoms. The van der Waals surface area contributed by atoms with Crippen molar-refractivity contribution in [3.63, 3.8) is 0 Å². The smallest absolute Gasteiger partial charge is 0.327 e. The van der Waals surface area contributed by atoms with Crippen LogP contribution in [0.25, 0.3) is 0 Å². The molecule has 0 saturated heterocycles. The van der Waals surface area contributed by atoms with E-state index in [1.807, 2.05) is 6.07 Å². The van der Waals surface area contributed by atoms with Crippen molar-refractivity contribution in [1.29, 1.82) is 0 Å². The minimum atomic E-state index is -0.896. The summed E-state index contributed by atoms with van der Waals surface area (Å²) in [6.45, 7) is 2.57. The third kappa shape index (κ3) is 5.34. The number of para-hydroxylation sites is 1. The van der Waals surface area contributed by atoms with Crippen LogP contribution in [0.15, 0.2) is 54.6 Å². The normalized spacial score (nSPS) is 13.3. The van der Waals surface area contributed by atoms with Gasteiger partial charge in [-0.05, 0) is 68.1 Å². The van der Waals surface area contributed by atoms with E-state index >= 15 is 0 Å². The summed E-state index contributed by atoms with van der Waals surface area (Å²) in [4.78, 5) is 12.8. The minimum Gasteiger partial charge on any atom is -0.478 e. The third-order valence-corrected chi connectivity index (χ3v) is 5.00. The van der Waals surface area contributed by atoms with Gasteiger partial charge >= 0.3 is 5.97 Å². The maximum absolute atomic E-state index is 10.4. The number of benzene rings is 2. The van der Waals surface area contributed by atoms with Crippen LogP contribution < -0.4 is 10.2 Å². The molecule has 0 unspecified atom stereocenters. The van der Waals surface area contributed by atoms with Gasteiger partial charge in [0.15, 0.2) is 0 Å². The van der Waals surface area contributed by atoms with Gasteiger partial charge in [-0.25, -0.2) is 4.79 Å². The zero-order valence-electron chi connectivity index (χ0n) is 15.3. The number of fused-ring (bicyclic) bond motifs is 2. The van der Waals surface area contributed by atoms with Crippen molar-refractivity contribution >= 4 is 28.9 Å². The molecule has 2 N–H and O–H groups in total. The Hall–Kier alpha value is -2.30. The van der Waals surface area contributed by atoms with Crippen LogP contribution >= 0.6 is 11.6 Å². The molecule has 142 valence electrons. The van der Waals surface area contributed by atoms with Crippen molar-refractivity contribution in [1.82, 2.24) is 5.32 Å². The van der Waals surface area contributed by atoms with E-state index < -0.39 is 5.97 Å². The highest BCUT2D eigenvalue weighted by Crippen LogP contribution is 2.37. The van der Waals surface area contributed by atoms with Crippen molar-refractivity contribution in [3.8, 4) is 0 Å². The summed E-state index contributed by atoms with van der Waals surface area (Å²) in [7, 11) is 0. The van der Waals surface area contributed by atoms with E-state index in [9.17, 15) is 4.79 Å². The number of carbonyl (C=O) groups is 1. The lowest BCUT2D eigenvalue weighted by atomic mass is 10.0. The average molecular weight is 385 g/mol. The first kappa shape index (κ1) is 19.5. The molecule has 0 fully saturated rings. The van der Waals surface area contributed by atoms with Crippen molar-refractivity contribution < 1.29 is 9.90 Å².